The van der Waals surface area contributed by atoms with E-state index < -0.39 is 0 Å². The van der Waals surface area contributed by atoms with E-state index in [0.717, 1.165) is 17.0 Å². The number of rotatable bonds is 2. The first kappa shape index (κ1) is 10.5. The van der Waals surface area contributed by atoms with Crippen molar-refractivity contribution in [3.05, 3.63) is 47.8 Å². The molecular weight excluding hydrogens is 200 g/mol. The van der Waals surface area contributed by atoms with Crippen LogP contribution in [-0.2, 0) is 0 Å². The van der Waals surface area contributed by atoms with Crippen LogP contribution in [0.3, 0.4) is 0 Å². The van der Waals surface area contributed by atoms with E-state index in [2.05, 4.69) is 9.97 Å². The fourth-order valence-electron chi connectivity index (χ4n) is 1.47. The van der Waals surface area contributed by atoms with Crippen LogP contribution in [0.25, 0.3) is 11.4 Å². The van der Waals surface area contributed by atoms with Gasteiger partial charge in [-0.25, -0.2) is 0 Å². The third-order valence-electron chi connectivity index (χ3n) is 2.34. The maximum absolute atomic E-state index is 11.2. The van der Waals surface area contributed by atoms with Crippen LogP contribution >= 0.6 is 0 Å². The SMILES string of the molecule is CC(=O)c1ccnc(-c2cc(C)ccn2)c1. The van der Waals surface area contributed by atoms with Crippen molar-refractivity contribution in [1.82, 2.24) is 9.97 Å². The number of nitrogens with zero attached hydrogens (tertiary/aromatic N) is 2. The zero-order valence-electron chi connectivity index (χ0n) is 9.27. The topological polar surface area (TPSA) is 42.9 Å². The van der Waals surface area contributed by atoms with Gasteiger partial charge in [-0.15, -0.1) is 0 Å². The highest BCUT2D eigenvalue weighted by Crippen LogP contribution is 2.16. The summed E-state index contributed by atoms with van der Waals surface area (Å²) < 4.78 is 0. The number of hydrogen-bond acceptors (Lipinski definition) is 3. The summed E-state index contributed by atoms with van der Waals surface area (Å²) in [5, 5.41) is 0. The Balaban J connectivity index is 2.48. The second-order valence-electron chi connectivity index (χ2n) is 3.70. The van der Waals surface area contributed by atoms with Gasteiger partial charge in [-0.3, -0.25) is 14.8 Å². The first-order valence-corrected chi connectivity index (χ1v) is 5.07. The van der Waals surface area contributed by atoms with Gasteiger partial charge in [0.2, 0.25) is 0 Å². The molecule has 0 saturated heterocycles. The van der Waals surface area contributed by atoms with Gasteiger partial charge in [-0.2, -0.15) is 0 Å². The molecule has 2 rings (SSSR count). The average molecular weight is 212 g/mol. The molecule has 80 valence electrons. The molecule has 2 aromatic heterocycles. The molecule has 0 radical (unpaired) electrons. The highest BCUT2D eigenvalue weighted by Gasteiger charge is 2.04. The van der Waals surface area contributed by atoms with Crippen molar-refractivity contribution in [2.75, 3.05) is 0 Å². The molecule has 0 bridgehead atoms. The van der Waals surface area contributed by atoms with Crippen molar-refractivity contribution in [3.8, 4) is 11.4 Å². The quantitative estimate of drug-likeness (QED) is 0.719. The number of hydrogen-bond donors (Lipinski definition) is 0. The van der Waals surface area contributed by atoms with Crippen LogP contribution in [0.4, 0.5) is 0 Å². The molecule has 0 atom stereocenters. The molecule has 0 unspecified atom stereocenters. The lowest BCUT2D eigenvalue weighted by molar-refractivity contribution is 0.101. The van der Waals surface area contributed by atoms with Crippen LogP contribution in [0.15, 0.2) is 36.7 Å². The molecule has 16 heavy (non-hydrogen) atoms. The molecule has 3 nitrogen and oxygen atoms in total. The Hall–Kier alpha value is -2.03. The van der Waals surface area contributed by atoms with Crippen molar-refractivity contribution >= 4 is 5.78 Å². The Morgan fingerprint density at radius 3 is 2.31 bits per heavy atom. The van der Waals surface area contributed by atoms with Gasteiger partial charge in [0.25, 0.3) is 0 Å². The van der Waals surface area contributed by atoms with Crippen molar-refractivity contribution in [2.24, 2.45) is 0 Å². The number of carbonyl (C=O) groups excluding carboxylic acids is 1. The van der Waals surface area contributed by atoms with Crippen LogP contribution in [0.2, 0.25) is 0 Å². The lowest BCUT2D eigenvalue weighted by Crippen LogP contribution is -1.95. The molecule has 3 heteroatoms. The van der Waals surface area contributed by atoms with Crippen LogP contribution in [0.5, 0.6) is 0 Å². The average Bonchev–Trinajstić information content (AvgIpc) is 2.29. The molecular formula is C13H12N2O. The first-order valence-electron chi connectivity index (χ1n) is 5.07. The fraction of sp³-hybridized carbons (Fsp3) is 0.154. The van der Waals surface area contributed by atoms with Gasteiger partial charge in [0.15, 0.2) is 5.78 Å². The van der Waals surface area contributed by atoms with Gasteiger partial charge in [-0.1, -0.05) is 0 Å². The molecule has 0 fully saturated rings. The van der Waals surface area contributed by atoms with E-state index in [4.69, 9.17) is 0 Å². The molecule has 0 amide bonds. The van der Waals surface area contributed by atoms with Gasteiger partial charge >= 0.3 is 0 Å². The van der Waals surface area contributed by atoms with Gasteiger partial charge in [0, 0.05) is 18.0 Å². The van der Waals surface area contributed by atoms with Gasteiger partial charge in [0.1, 0.15) is 0 Å². The van der Waals surface area contributed by atoms with Crippen molar-refractivity contribution < 1.29 is 4.79 Å². The molecule has 0 saturated carbocycles. The Labute approximate surface area is 94.2 Å². The standard InChI is InChI=1S/C13H12N2O/c1-9-3-5-14-12(7-9)13-8-11(10(2)16)4-6-15-13/h3-8H,1-2H3. The minimum atomic E-state index is 0.0382. The van der Waals surface area contributed by atoms with Crippen LogP contribution in [-0.4, -0.2) is 15.8 Å². The van der Waals surface area contributed by atoms with E-state index >= 15 is 0 Å². The van der Waals surface area contributed by atoms with E-state index in [1.54, 1.807) is 31.5 Å². The minimum absolute atomic E-state index is 0.0382. The minimum Gasteiger partial charge on any atom is -0.295 e. The molecule has 0 aromatic carbocycles. The fourth-order valence-corrected chi connectivity index (χ4v) is 1.47. The molecule has 0 aliphatic rings. The summed E-state index contributed by atoms with van der Waals surface area (Å²) in [6.07, 6.45) is 3.38. The second kappa shape index (κ2) is 4.23. The number of aryl methyl sites for hydroxylation is 1. The largest absolute Gasteiger partial charge is 0.295 e. The molecule has 0 aliphatic heterocycles. The number of aromatic nitrogens is 2. The summed E-state index contributed by atoms with van der Waals surface area (Å²) in [7, 11) is 0. The third kappa shape index (κ3) is 2.14. The van der Waals surface area contributed by atoms with Crippen LogP contribution in [0, 0.1) is 6.92 Å². The lowest BCUT2D eigenvalue weighted by atomic mass is 10.1. The van der Waals surface area contributed by atoms with Gasteiger partial charge in [0.05, 0.1) is 11.4 Å². The Morgan fingerprint density at radius 1 is 1.06 bits per heavy atom. The summed E-state index contributed by atoms with van der Waals surface area (Å²) in [5.74, 6) is 0.0382. The summed E-state index contributed by atoms with van der Waals surface area (Å²) in [6, 6.07) is 7.36. The van der Waals surface area contributed by atoms with Crippen LogP contribution < -0.4 is 0 Å². The normalized spacial score (nSPS) is 10.1. The Morgan fingerprint density at radius 2 is 1.69 bits per heavy atom. The molecule has 2 heterocycles. The Bertz CT molecular complexity index is 535. The molecule has 0 spiro atoms. The van der Waals surface area contributed by atoms with Crippen molar-refractivity contribution in [3.63, 3.8) is 0 Å². The lowest BCUT2D eigenvalue weighted by Gasteiger charge is -2.02. The molecule has 0 N–H and O–H groups in total. The highest BCUT2D eigenvalue weighted by molar-refractivity contribution is 5.94. The van der Waals surface area contributed by atoms with Gasteiger partial charge < -0.3 is 0 Å². The second-order valence-corrected chi connectivity index (χ2v) is 3.70. The summed E-state index contributed by atoms with van der Waals surface area (Å²) >= 11 is 0. The van der Waals surface area contributed by atoms with E-state index in [-0.39, 0.29) is 5.78 Å². The predicted octanol–water partition coefficient (Wildman–Crippen LogP) is 2.65. The zero-order chi connectivity index (χ0) is 11.5. The molecule has 0 aliphatic carbocycles. The van der Waals surface area contributed by atoms with Crippen molar-refractivity contribution in [2.45, 2.75) is 13.8 Å². The van der Waals surface area contributed by atoms with Crippen molar-refractivity contribution in [1.29, 1.82) is 0 Å². The number of ketones is 1. The maximum Gasteiger partial charge on any atom is 0.159 e. The van der Waals surface area contributed by atoms with Crippen LogP contribution in [0.1, 0.15) is 22.8 Å². The zero-order valence-corrected chi connectivity index (χ0v) is 9.27. The third-order valence-corrected chi connectivity index (χ3v) is 2.34. The summed E-state index contributed by atoms with van der Waals surface area (Å²) in [4.78, 5) is 19.7. The summed E-state index contributed by atoms with van der Waals surface area (Å²) in [5.41, 5.74) is 3.31. The highest BCUT2D eigenvalue weighted by atomic mass is 16.1. The number of Topliss-reactive ketones (excluding diaryl/α,β-unsaturated/α-hetero) is 1. The summed E-state index contributed by atoms with van der Waals surface area (Å²) in [6.45, 7) is 3.54. The number of pyridine rings is 2. The maximum atomic E-state index is 11.2. The van der Waals surface area contributed by atoms with E-state index in [1.807, 2.05) is 19.1 Å². The smallest absolute Gasteiger partial charge is 0.159 e. The predicted molar refractivity (Wildman–Crippen MR) is 62.2 cm³/mol. The van der Waals surface area contributed by atoms with E-state index in [9.17, 15) is 4.79 Å². The number of carbonyl (C=O) groups is 1. The van der Waals surface area contributed by atoms with E-state index in [0.29, 0.717) is 5.56 Å². The van der Waals surface area contributed by atoms with Gasteiger partial charge in [-0.05, 0) is 43.7 Å². The monoisotopic (exact) mass is 212 g/mol. The molecule has 2 aromatic rings. The Kier molecular flexibility index (Phi) is 2.77. The van der Waals surface area contributed by atoms with E-state index in [1.165, 1.54) is 0 Å². The first-order chi connectivity index (χ1) is 7.66.